The van der Waals surface area contributed by atoms with Crippen LogP contribution in [0.4, 0.5) is 0 Å². The van der Waals surface area contributed by atoms with Crippen molar-refractivity contribution in [3.05, 3.63) is 28.2 Å². The number of hydrogen-bond donors (Lipinski definition) is 0. The Bertz CT molecular complexity index is 718. The van der Waals surface area contributed by atoms with Crippen LogP contribution in [-0.2, 0) is 14.6 Å². The molecule has 23 heavy (non-hydrogen) atoms. The molecular formula is C15H17Cl2NO4S. The molecule has 5 nitrogen and oxygen atoms in total. The Morgan fingerprint density at radius 1 is 1.22 bits per heavy atom. The summed E-state index contributed by atoms with van der Waals surface area (Å²) in [6.45, 7) is -0.174. The van der Waals surface area contributed by atoms with Crippen LogP contribution >= 0.6 is 23.2 Å². The minimum absolute atomic E-state index is 0.0488. The van der Waals surface area contributed by atoms with Crippen LogP contribution in [0, 0.1) is 0 Å². The van der Waals surface area contributed by atoms with Crippen LogP contribution in [0.3, 0.4) is 0 Å². The fourth-order valence-corrected chi connectivity index (χ4v) is 4.92. The number of hydrogen-bond acceptors (Lipinski definition) is 4. The third-order valence-corrected chi connectivity index (χ3v) is 6.65. The maximum Gasteiger partial charge on any atom is 0.261 e. The molecule has 0 radical (unpaired) electrons. The third kappa shape index (κ3) is 3.92. The molecule has 0 aromatic heterocycles. The Kier molecular flexibility index (Phi) is 4.76. The molecule has 1 aliphatic carbocycles. The number of sulfone groups is 1. The first-order chi connectivity index (χ1) is 10.9. The van der Waals surface area contributed by atoms with Crippen molar-refractivity contribution < 1.29 is 17.9 Å². The van der Waals surface area contributed by atoms with Crippen LogP contribution < -0.4 is 4.74 Å². The lowest BCUT2D eigenvalue weighted by molar-refractivity contribution is -0.135. The number of carbonyl (C=O) groups is 1. The standard InChI is InChI=1S/C15H17Cl2NO4S/c16-12-2-1-3-13(15(12)17)22-8-14(19)18(10-4-5-10)11-6-7-23(20,21)9-11/h1-3,10-11H,4-9H2/t11-/m1/s1. The van der Waals surface area contributed by atoms with E-state index in [4.69, 9.17) is 27.9 Å². The number of halogens is 2. The molecule has 1 atom stereocenters. The van der Waals surface area contributed by atoms with Gasteiger partial charge >= 0.3 is 0 Å². The lowest BCUT2D eigenvalue weighted by Gasteiger charge is -2.28. The van der Waals surface area contributed by atoms with E-state index in [1.165, 1.54) is 0 Å². The van der Waals surface area contributed by atoms with Crippen molar-refractivity contribution in [2.24, 2.45) is 0 Å². The number of benzene rings is 1. The van der Waals surface area contributed by atoms with E-state index in [9.17, 15) is 13.2 Å². The quantitative estimate of drug-likeness (QED) is 0.790. The highest BCUT2D eigenvalue weighted by Gasteiger charge is 2.42. The van der Waals surface area contributed by atoms with Gasteiger partial charge in [-0.3, -0.25) is 4.79 Å². The fourth-order valence-electron chi connectivity index (χ4n) is 2.86. The van der Waals surface area contributed by atoms with Gasteiger partial charge in [0.2, 0.25) is 0 Å². The topological polar surface area (TPSA) is 63.7 Å². The summed E-state index contributed by atoms with van der Waals surface area (Å²) in [7, 11) is -3.03. The lowest BCUT2D eigenvalue weighted by atomic mass is 10.2. The van der Waals surface area contributed by atoms with E-state index in [-0.39, 0.29) is 41.1 Å². The van der Waals surface area contributed by atoms with Gasteiger partial charge in [0, 0.05) is 12.1 Å². The van der Waals surface area contributed by atoms with E-state index in [0.29, 0.717) is 17.2 Å². The SMILES string of the molecule is O=C(COc1cccc(Cl)c1Cl)N(C1CC1)[C@@H]1CCS(=O)(=O)C1. The zero-order valence-electron chi connectivity index (χ0n) is 12.4. The maximum absolute atomic E-state index is 12.5. The highest BCUT2D eigenvalue weighted by atomic mass is 35.5. The van der Waals surface area contributed by atoms with Crippen LogP contribution in [0.1, 0.15) is 19.3 Å². The van der Waals surface area contributed by atoms with E-state index in [0.717, 1.165) is 12.8 Å². The van der Waals surface area contributed by atoms with Gasteiger partial charge in [0.1, 0.15) is 10.8 Å². The number of nitrogens with zero attached hydrogens (tertiary/aromatic N) is 1. The molecule has 1 heterocycles. The van der Waals surface area contributed by atoms with Crippen LogP contribution in [0.5, 0.6) is 5.75 Å². The van der Waals surface area contributed by atoms with Gasteiger partial charge in [0.15, 0.2) is 16.4 Å². The lowest BCUT2D eigenvalue weighted by Crippen LogP contribution is -2.45. The smallest absolute Gasteiger partial charge is 0.261 e. The average molecular weight is 378 g/mol. The van der Waals surface area contributed by atoms with Crippen molar-refractivity contribution in [3.8, 4) is 5.75 Å². The van der Waals surface area contributed by atoms with Gasteiger partial charge in [-0.1, -0.05) is 29.3 Å². The molecule has 126 valence electrons. The van der Waals surface area contributed by atoms with Crippen molar-refractivity contribution in [2.75, 3.05) is 18.1 Å². The second kappa shape index (κ2) is 6.49. The van der Waals surface area contributed by atoms with Crippen molar-refractivity contribution in [2.45, 2.75) is 31.3 Å². The van der Waals surface area contributed by atoms with E-state index >= 15 is 0 Å². The summed E-state index contributed by atoms with van der Waals surface area (Å²) in [4.78, 5) is 14.2. The highest BCUT2D eigenvalue weighted by Crippen LogP contribution is 2.34. The largest absolute Gasteiger partial charge is 0.482 e. The molecule has 2 aliphatic rings. The zero-order chi connectivity index (χ0) is 16.6. The predicted molar refractivity (Wildman–Crippen MR) is 88.9 cm³/mol. The van der Waals surface area contributed by atoms with Crippen LogP contribution in [0.25, 0.3) is 0 Å². The molecule has 1 aromatic rings. The Morgan fingerprint density at radius 3 is 2.57 bits per heavy atom. The van der Waals surface area contributed by atoms with Crippen LogP contribution in [0.15, 0.2) is 18.2 Å². The minimum atomic E-state index is -3.03. The number of ether oxygens (including phenoxy) is 1. The van der Waals surface area contributed by atoms with Gasteiger partial charge in [-0.15, -0.1) is 0 Å². The molecule has 1 saturated heterocycles. The Morgan fingerprint density at radius 2 is 1.96 bits per heavy atom. The van der Waals surface area contributed by atoms with Crippen molar-refractivity contribution in [1.29, 1.82) is 0 Å². The van der Waals surface area contributed by atoms with E-state index in [1.807, 2.05) is 0 Å². The van der Waals surface area contributed by atoms with E-state index < -0.39 is 9.84 Å². The minimum Gasteiger partial charge on any atom is -0.482 e. The summed E-state index contributed by atoms with van der Waals surface area (Å²) in [5, 5.41) is 0.626. The van der Waals surface area contributed by atoms with Gasteiger partial charge in [-0.05, 0) is 31.4 Å². The molecule has 0 spiro atoms. The summed E-state index contributed by atoms with van der Waals surface area (Å²) < 4.78 is 28.8. The average Bonchev–Trinajstić information content (AvgIpc) is 3.25. The predicted octanol–water partition coefficient (Wildman–Crippen LogP) is 2.55. The van der Waals surface area contributed by atoms with Crippen LogP contribution in [-0.4, -0.2) is 49.4 Å². The van der Waals surface area contributed by atoms with Gasteiger partial charge in [0.25, 0.3) is 5.91 Å². The Labute approximate surface area is 145 Å². The molecule has 3 rings (SSSR count). The van der Waals surface area contributed by atoms with Crippen LogP contribution in [0.2, 0.25) is 10.0 Å². The van der Waals surface area contributed by atoms with Gasteiger partial charge in [-0.2, -0.15) is 0 Å². The molecule has 1 amide bonds. The summed E-state index contributed by atoms with van der Waals surface area (Å²) >= 11 is 11.9. The first-order valence-electron chi connectivity index (χ1n) is 7.46. The van der Waals surface area contributed by atoms with Gasteiger partial charge in [-0.25, -0.2) is 8.42 Å². The second-order valence-electron chi connectivity index (χ2n) is 5.93. The highest BCUT2D eigenvalue weighted by molar-refractivity contribution is 7.91. The Hall–Kier alpha value is -0.980. The summed E-state index contributed by atoms with van der Waals surface area (Å²) in [6.07, 6.45) is 2.34. The van der Waals surface area contributed by atoms with Gasteiger partial charge in [0.05, 0.1) is 16.5 Å². The molecule has 2 fully saturated rings. The fraction of sp³-hybridized carbons (Fsp3) is 0.533. The molecule has 8 heteroatoms. The molecular weight excluding hydrogens is 361 g/mol. The second-order valence-corrected chi connectivity index (χ2v) is 8.94. The maximum atomic E-state index is 12.5. The first-order valence-corrected chi connectivity index (χ1v) is 10.0. The van der Waals surface area contributed by atoms with Crippen molar-refractivity contribution in [1.82, 2.24) is 4.90 Å². The molecule has 1 saturated carbocycles. The van der Waals surface area contributed by atoms with Crippen molar-refractivity contribution in [3.63, 3.8) is 0 Å². The zero-order valence-corrected chi connectivity index (χ0v) is 14.7. The third-order valence-electron chi connectivity index (χ3n) is 4.10. The number of carbonyl (C=O) groups excluding carboxylic acids is 1. The summed E-state index contributed by atoms with van der Waals surface area (Å²) in [5.41, 5.74) is 0. The van der Waals surface area contributed by atoms with E-state index in [2.05, 4.69) is 0 Å². The molecule has 0 unspecified atom stereocenters. The normalized spacial score (nSPS) is 22.8. The van der Waals surface area contributed by atoms with Gasteiger partial charge < -0.3 is 9.64 Å². The molecule has 1 aliphatic heterocycles. The monoisotopic (exact) mass is 377 g/mol. The molecule has 0 N–H and O–H groups in total. The summed E-state index contributed by atoms with van der Waals surface area (Å²) in [6, 6.07) is 4.87. The first kappa shape index (κ1) is 16.9. The molecule has 1 aromatic carbocycles. The summed E-state index contributed by atoms with van der Waals surface area (Å²) in [5.74, 6) is 0.343. The number of amides is 1. The molecule has 0 bridgehead atoms. The Balaban J connectivity index is 1.67. The van der Waals surface area contributed by atoms with Crippen molar-refractivity contribution >= 4 is 38.9 Å². The van der Waals surface area contributed by atoms with E-state index in [1.54, 1.807) is 23.1 Å². The number of rotatable bonds is 5.